The van der Waals surface area contributed by atoms with Gasteiger partial charge in [-0.25, -0.2) is 17.5 Å². The van der Waals surface area contributed by atoms with Gasteiger partial charge in [0, 0.05) is 25.5 Å². The maximum absolute atomic E-state index is 12.9. The Hall–Kier alpha value is -1.70. The number of benzene rings is 1. The average molecular weight is 325 g/mol. The first-order valence-corrected chi connectivity index (χ1v) is 8.32. The van der Waals surface area contributed by atoms with E-state index in [1.807, 2.05) is 48.9 Å². The van der Waals surface area contributed by atoms with Crippen LogP contribution in [-0.2, 0) is 17.1 Å². The maximum atomic E-state index is 12.9. The molecule has 0 unspecified atom stereocenters. The minimum atomic E-state index is -3.66. The SMILES string of the molecule is CN(C)[C@@H](CNS(=O)(=O)c1ccc(F)cc1)c1cccn1C. The van der Waals surface area contributed by atoms with Crippen molar-refractivity contribution in [3.63, 3.8) is 0 Å². The Morgan fingerprint density at radius 2 is 1.86 bits per heavy atom. The maximum Gasteiger partial charge on any atom is 0.240 e. The fourth-order valence-electron chi connectivity index (χ4n) is 2.26. The van der Waals surface area contributed by atoms with Crippen LogP contribution in [0, 0.1) is 5.82 Å². The summed E-state index contributed by atoms with van der Waals surface area (Å²) in [4.78, 5) is 2.00. The van der Waals surface area contributed by atoms with Crippen LogP contribution in [0.3, 0.4) is 0 Å². The van der Waals surface area contributed by atoms with Gasteiger partial charge in [-0.1, -0.05) is 0 Å². The molecule has 1 atom stereocenters. The van der Waals surface area contributed by atoms with Crippen LogP contribution in [-0.4, -0.2) is 38.5 Å². The molecule has 0 radical (unpaired) electrons. The lowest BCUT2D eigenvalue weighted by Gasteiger charge is -2.25. The molecule has 1 heterocycles. The van der Waals surface area contributed by atoms with Gasteiger partial charge < -0.3 is 4.57 Å². The van der Waals surface area contributed by atoms with Gasteiger partial charge in [0.2, 0.25) is 10.0 Å². The summed E-state index contributed by atoms with van der Waals surface area (Å²) in [7, 11) is 2.04. The van der Waals surface area contributed by atoms with Gasteiger partial charge >= 0.3 is 0 Å². The van der Waals surface area contributed by atoms with Crippen LogP contribution in [0.25, 0.3) is 0 Å². The molecule has 5 nitrogen and oxygen atoms in total. The summed E-state index contributed by atoms with van der Waals surface area (Å²) in [6, 6.07) is 8.55. The molecule has 7 heteroatoms. The summed E-state index contributed by atoms with van der Waals surface area (Å²) in [5, 5.41) is 0. The summed E-state index contributed by atoms with van der Waals surface area (Å²) in [6.07, 6.45) is 1.92. The number of hydrogen-bond acceptors (Lipinski definition) is 3. The van der Waals surface area contributed by atoms with Crippen LogP contribution in [0.4, 0.5) is 4.39 Å². The fourth-order valence-corrected chi connectivity index (χ4v) is 3.30. The standard InChI is InChI=1S/C15H20FN3O2S/c1-18(2)15(14-5-4-10-19(14)3)11-17-22(20,21)13-8-6-12(16)7-9-13/h4-10,15,17H,11H2,1-3H3/t15-/m0/s1. The lowest BCUT2D eigenvalue weighted by molar-refractivity contribution is 0.289. The second-order valence-electron chi connectivity index (χ2n) is 5.33. The average Bonchev–Trinajstić information content (AvgIpc) is 2.85. The van der Waals surface area contributed by atoms with E-state index in [2.05, 4.69) is 4.72 Å². The molecular formula is C15H20FN3O2S. The molecule has 0 saturated heterocycles. The highest BCUT2D eigenvalue weighted by molar-refractivity contribution is 7.89. The topological polar surface area (TPSA) is 54.3 Å². The zero-order chi connectivity index (χ0) is 16.3. The lowest BCUT2D eigenvalue weighted by atomic mass is 10.2. The minimum absolute atomic E-state index is 0.0540. The van der Waals surface area contributed by atoms with E-state index in [4.69, 9.17) is 0 Å². The molecular weight excluding hydrogens is 305 g/mol. The Morgan fingerprint density at radius 1 is 1.23 bits per heavy atom. The van der Waals surface area contributed by atoms with E-state index in [0.717, 1.165) is 17.8 Å². The van der Waals surface area contributed by atoms with Gasteiger partial charge in [0.05, 0.1) is 10.9 Å². The number of rotatable bonds is 6. The minimum Gasteiger partial charge on any atom is -0.353 e. The molecule has 2 rings (SSSR count). The van der Waals surface area contributed by atoms with Crippen molar-refractivity contribution in [2.24, 2.45) is 7.05 Å². The van der Waals surface area contributed by atoms with Crippen molar-refractivity contribution >= 4 is 10.0 Å². The highest BCUT2D eigenvalue weighted by atomic mass is 32.2. The Labute approximate surface area is 130 Å². The monoisotopic (exact) mass is 325 g/mol. The van der Waals surface area contributed by atoms with Crippen molar-refractivity contribution < 1.29 is 12.8 Å². The fraction of sp³-hybridized carbons (Fsp3) is 0.333. The number of nitrogens with one attached hydrogen (secondary N) is 1. The summed E-state index contributed by atoms with van der Waals surface area (Å²) in [6.45, 7) is 0.227. The molecule has 0 aliphatic rings. The summed E-state index contributed by atoms with van der Waals surface area (Å²) >= 11 is 0. The number of hydrogen-bond donors (Lipinski definition) is 1. The second-order valence-corrected chi connectivity index (χ2v) is 7.10. The molecule has 120 valence electrons. The van der Waals surface area contributed by atoms with E-state index in [1.165, 1.54) is 12.1 Å². The largest absolute Gasteiger partial charge is 0.353 e. The van der Waals surface area contributed by atoms with E-state index in [0.29, 0.717) is 0 Å². The van der Waals surface area contributed by atoms with Crippen LogP contribution in [0.2, 0.25) is 0 Å². The summed E-state index contributed by atoms with van der Waals surface area (Å²) in [5.74, 6) is -0.464. The molecule has 2 aromatic rings. The number of sulfonamides is 1. The normalized spacial score (nSPS) is 13.5. The molecule has 1 N–H and O–H groups in total. The van der Waals surface area contributed by atoms with Crippen molar-refractivity contribution in [2.75, 3.05) is 20.6 Å². The zero-order valence-electron chi connectivity index (χ0n) is 12.8. The number of halogens is 1. The van der Waals surface area contributed by atoms with E-state index < -0.39 is 15.8 Å². The molecule has 0 bridgehead atoms. The van der Waals surface area contributed by atoms with Gasteiger partial charge in [0.15, 0.2) is 0 Å². The van der Waals surface area contributed by atoms with E-state index in [9.17, 15) is 12.8 Å². The smallest absolute Gasteiger partial charge is 0.240 e. The van der Waals surface area contributed by atoms with Gasteiger partial charge in [-0.15, -0.1) is 0 Å². The molecule has 1 aromatic carbocycles. The Morgan fingerprint density at radius 3 is 2.36 bits per heavy atom. The molecule has 0 spiro atoms. The first-order valence-electron chi connectivity index (χ1n) is 6.84. The van der Waals surface area contributed by atoms with Gasteiger partial charge in [-0.2, -0.15) is 0 Å². The highest BCUT2D eigenvalue weighted by Gasteiger charge is 2.21. The molecule has 22 heavy (non-hydrogen) atoms. The quantitative estimate of drug-likeness (QED) is 0.880. The van der Waals surface area contributed by atoms with E-state index >= 15 is 0 Å². The molecule has 0 fully saturated rings. The summed E-state index contributed by atoms with van der Waals surface area (Å²) in [5.41, 5.74) is 1.01. The molecule has 0 amide bonds. The van der Waals surface area contributed by atoms with Gasteiger partial charge in [-0.05, 0) is 50.5 Å². The molecule has 1 aromatic heterocycles. The number of aryl methyl sites for hydroxylation is 1. The lowest BCUT2D eigenvalue weighted by Crippen LogP contribution is -2.35. The van der Waals surface area contributed by atoms with E-state index in [1.54, 1.807) is 0 Å². The van der Waals surface area contributed by atoms with Crippen molar-refractivity contribution in [2.45, 2.75) is 10.9 Å². The summed E-state index contributed by atoms with van der Waals surface area (Å²) < 4.78 is 42.0. The first-order chi connectivity index (χ1) is 10.3. The number of nitrogens with zero attached hydrogens (tertiary/aromatic N) is 2. The second kappa shape index (κ2) is 6.60. The van der Waals surface area contributed by atoms with Gasteiger partial charge in [0.1, 0.15) is 5.82 Å². The highest BCUT2D eigenvalue weighted by Crippen LogP contribution is 2.18. The molecule has 0 aliphatic carbocycles. The Bertz CT molecular complexity index is 724. The van der Waals surface area contributed by atoms with Crippen molar-refractivity contribution in [1.82, 2.24) is 14.2 Å². The zero-order valence-corrected chi connectivity index (χ0v) is 13.6. The predicted molar refractivity (Wildman–Crippen MR) is 83.4 cm³/mol. The van der Waals surface area contributed by atoms with Crippen molar-refractivity contribution in [1.29, 1.82) is 0 Å². The van der Waals surface area contributed by atoms with Crippen LogP contribution >= 0.6 is 0 Å². The third-order valence-corrected chi connectivity index (χ3v) is 4.98. The third-order valence-electron chi connectivity index (χ3n) is 3.54. The molecule has 0 saturated carbocycles. The van der Waals surface area contributed by atoms with Gasteiger partial charge in [0.25, 0.3) is 0 Å². The van der Waals surface area contributed by atoms with E-state index in [-0.39, 0.29) is 17.5 Å². The number of aromatic nitrogens is 1. The third kappa shape index (κ3) is 3.73. The Kier molecular flexibility index (Phi) is 5.00. The van der Waals surface area contributed by atoms with Crippen LogP contribution < -0.4 is 4.72 Å². The number of likely N-dealkylation sites (N-methyl/N-ethyl adjacent to an activating group) is 1. The van der Waals surface area contributed by atoms with Gasteiger partial charge in [-0.3, -0.25) is 4.90 Å². The predicted octanol–water partition coefficient (Wildman–Crippen LogP) is 1.75. The van der Waals surface area contributed by atoms with Crippen molar-refractivity contribution in [3.8, 4) is 0 Å². The van der Waals surface area contributed by atoms with Crippen molar-refractivity contribution in [3.05, 3.63) is 54.1 Å². The molecule has 0 aliphatic heterocycles. The first kappa shape index (κ1) is 16.7. The van der Waals surface area contributed by atoms with Crippen LogP contribution in [0.15, 0.2) is 47.5 Å². The Balaban J connectivity index is 2.15. The van der Waals surface area contributed by atoms with Crippen LogP contribution in [0.1, 0.15) is 11.7 Å². The van der Waals surface area contributed by atoms with Crippen LogP contribution in [0.5, 0.6) is 0 Å².